The lowest BCUT2D eigenvalue weighted by Crippen LogP contribution is -2.21. The Labute approximate surface area is 79.5 Å². The molecule has 1 heterocycles. The normalized spacial score (nSPS) is 9.86. The summed E-state index contributed by atoms with van der Waals surface area (Å²) in [6.45, 7) is 1.53. The number of primary amides is 1. The number of carbonyl (C=O) groups is 1. The van der Waals surface area contributed by atoms with Crippen LogP contribution < -0.4 is 16.0 Å². The van der Waals surface area contributed by atoms with E-state index in [-0.39, 0.29) is 5.75 Å². The molecule has 0 radical (unpaired) electrons. The summed E-state index contributed by atoms with van der Waals surface area (Å²) < 4.78 is 5.49. The minimum atomic E-state index is -1.04. The SMILES string of the molecule is Cc1cc(=O)n(C)c(O)c1OC(N)=O. The number of amides is 1. The number of carbonyl (C=O) groups excluding carboxylic acids is 1. The van der Waals surface area contributed by atoms with Crippen molar-refractivity contribution in [1.82, 2.24) is 4.57 Å². The van der Waals surface area contributed by atoms with Gasteiger partial charge in [-0.3, -0.25) is 9.36 Å². The molecule has 14 heavy (non-hydrogen) atoms. The van der Waals surface area contributed by atoms with Crippen molar-refractivity contribution in [2.75, 3.05) is 0 Å². The van der Waals surface area contributed by atoms with Gasteiger partial charge in [-0.25, -0.2) is 4.79 Å². The summed E-state index contributed by atoms with van der Waals surface area (Å²) in [4.78, 5) is 21.6. The quantitative estimate of drug-likeness (QED) is 0.656. The van der Waals surface area contributed by atoms with Gasteiger partial charge in [0.1, 0.15) is 0 Å². The lowest BCUT2D eigenvalue weighted by atomic mass is 10.2. The monoisotopic (exact) mass is 198 g/mol. The fraction of sp³-hybridized carbons (Fsp3) is 0.250. The number of aromatic hydroxyl groups is 1. The molecule has 0 bridgehead atoms. The second-order valence-corrected chi connectivity index (χ2v) is 2.80. The van der Waals surface area contributed by atoms with Crippen LogP contribution in [0.5, 0.6) is 11.6 Å². The Morgan fingerprint density at radius 3 is 2.71 bits per heavy atom. The molecule has 0 aliphatic rings. The van der Waals surface area contributed by atoms with E-state index in [2.05, 4.69) is 4.74 Å². The molecule has 1 aromatic rings. The molecule has 6 nitrogen and oxygen atoms in total. The van der Waals surface area contributed by atoms with Crippen LogP contribution in [0.15, 0.2) is 10.9 Å². The van der Waals surface area contributed by atoms with Gasteiger partial charge in [-0.1, -0.05) is 0 Å². The molecule has 0 aromatic carbocycles. The van der Waals surface area contributed by atoms with E-state index in [0.29, 0.717) is 5.56 Å². The third-order valence-corrected chi connectivity index (χ3v) is 1.75. The number of nitrogens with zero attached hydrogens (tertiary/aromatic N) is 1. The van der Waals surface area contributed by atoms with Crippen LogP contribution in [0.2, 0.25) is 0 Å². The van der Waals surface area contributed by atoms with Crippen molar-refractivity contribution in [3.05, 3.63) is 22.0 Å². The largest absolute Gasteiger partial charge is 0.492 e. The molecular formula is C8H10N2O4. The molecule has 0 saturated carbocycles. The molecular weight excluding hydrogens is 188 g/mol. The van der Waals surface area contributed by atoms with Crippen LogP contribution in [0.4, 0.5) is 4.79 Å². The van der Waals surface area contributed by atoms with Crippen LogP contribution in [-0.2, 0) is 7.05 Å². The van der Waals surface area contributed by atoms with Gasteiger partial charge in [0.2, 0.25) is 5.88 Å². The van der Waals surface area contributed by atoms with E-state index in [1.54, 1.807) is 0 Å². The number of hydrogen-bond donors (Lipinski definition) is 2. The van der Waals surface area contributed by atoms with Gasteiger partial charge in [-0.05, 0) is 6.92 Å². The molecule has 0 saturated heterocycles. The number of hydrogen-bond acceptors (Lipinski definition) is 4. The van der Waals surface area contributed by atoms with Gasteiger partial charge >= 0.3 is 6.09 Å². The molecule has 0 atom stereocenters. The third-order valence-electron chi connectivity index (χ3n) is 1.75. The Kier molecular flexibility index (Phi) is 2.46. The first kappa shape index (κ1) is 10.1. The molecule has 6 heteroatoms. The maximum atomic E-state index is 11.1. The first-order valence-corrected chi connectivity index (χ1v) is 3.80. The molecule has 1 aromatic heterocycles. The summed E-state index contributed by atoms with van der Waals surface area (Å²) in [5.41, 5.74) is 4.75. The standard InChI is InChI=1S/C8H10N2O4/c1-4-3-5(11)10(2)7(12)6(4)14-8(9)13/h3,12H,1-2H3,(H2,9,13). The van der Waals surface area contributed by atoms with Gasteiger partial charge in [-0.2, -0.15) is 0 Å². The molecule has 0 aliphatic carbocycles. The topological polar surface area (TPSA) is 94.6 Å². The highest BCUT2D eigenvalue weighted by molar-refractivity contribution is 5.69. The average molecular weight is 198 g/mol. The van der Waals surface area contributed by atoms with Crippen LogP contribution in [0.3, 0.4) is 0 Å². The summed E-state index contributed by atoms with van der Waals surface area (Å²) in [6.07, 6.45) is -1.04. The average Bonchev–Trinajstić information content (AvgIpc) is 2.09. The van der Waals surface area contributed by atoms with E-state index < -0.39 is 17.5 Å². The molecule has 0 unspecified atom stereocenters. The van der Waals surface area contributed by atoms with Crippen molar-refractivity contribution in [2.24, 2.45) is 12.8 Å². The Hall–Kier alpha value is -1.98. The first-order valence-electron chi connectivity index (χ1n) is 3.80. The Bertz CT molecular complexity index is 436. The lowest BCUT2D eigenvalue weighted by molar-refractivity contribution is 0.207. The van der Waals surface area contributed by atoms with Crippen LogP contribution in [0, 0.1) is 6.92 Å². The van der Waals surface area contributed by atoms with Gasteiger partial charge in [0.25, 0.3) is 5.56 Å². The highest BCUT2D eigenvalue weighted by Crippen LogP contribution is 2.26. The minimum Gasteiger partial charge on any atom is -0.492 e. The van der Waals surface area contributed by atoms with Crippen LogP contribution in [0.25, 0.3) is 0 Å². The predicted molar refractivity (Wildman–Crippen MR) is 48.3 cm³/mol. The maximum absolute atomic E-state index is 11.1. The van der Waals surface area contributed by atoms with E-state index in [0.717, 1.165) is 4.57 Å². The van der Waals surface area contributed by atoms with E-state index in [9.17, 15) is 14.7 Å². The van der Waals surface area contributed by atoms with Crippen molar-refractivity contribution < 1.29 is 14.6 Å². The van der Waals surface area contributed by atoms with Crippen LogP contribution >= 0.6 is 0 Å². The zero-order valence-corrected chi connectivity index (χ0v) is 7.77. The Morgan fingerprint density at radius 2 is 2.21 bits per heavy atom. The van der Waals surface area contributed by atoms with Crippen molar-refractivity contribution in [3.63, 3.8) is 0 Å². The summed E-state index contributed by atoms with van der Waals surface area (Å²) >= 11 is 0. The summed E-state index contributed by atoms with van der Waals surface area (Å²) in [6, 6.07) is 1.23. The summed E-state index contributed by atoms with van der Waals surface area (Å²) in [5, 5.41) is 9.44. The molecule has 76 valence electrons. The summed E-state index contributed by atoms with van der Waals surface area (Å²) in [7, 11) is 1.35. The van der Waals surface area contributed by atoms with E-state index in [4.69, 9.17) is 5.73 Å². The molecule has 0 aliphatic heterocycles. The number of aromatic nitrogens is 1. The molecule has 1 amide bonds. The van der Waals surface area contributed by atoms with Crippen molar-refractivity contribution in [2.45, 2.75) is 6.92 Å². The maximum Gasteiger partial charge on any atom is 0.410 e. The zero-order chi connectivity index (χ0) is 10.9. The first-order chi connectivity index (χ1) is 6.43. The number of rotatable bonds is 1. The number of nitrogens with two attached hydrogens (primary N) is 1. The molecule has 0 spiro atoms. The van der Waals surface area contributed by atoms with Gasteiger partial charge in [0.05, 0.1) is 0 Å². The van der Waals surface area contributed by atoms with E-state index in [1.807, 2.05) is 0 Å². The lowest BCUT2D eigenvalue weighted by Gasteiger charge is -2.09. The second kappa shape index (κ2) is 3.41. The second-order valence-electron chi connectivity index (χ2n) is 2.80. The summed E-state index contributed by atoms with van der Waals surface area (Å²) in [5.74, 6) is -0.520. The van der Waals surface area contributed by atoms with Crippen molar-refractivity contribution in [1.29, 1.82) is 0 Å². The van der Waals surface area contributed by atoms with E-state index in [1.165, 1.54) is 20.0 Å². The number of pyridine rings is 1. The van der Waals surface area contributed by atoms with Gasteiger partial charge in [0.15, 0.2) is 5.75 Å². The van der Waals surface area contributed by atoms with Crippen LogP contribution in [-0.4, -0.2) is 15.8 Å². The Morgan fingerprint density at radius 1 is 1.64 bits per heavy atom. The number of ether oxygens (including phenoxy) is 1. The fourth-order valence-corrected chi connectivity index (χ4v) is 1.01. The molecule has 3 N–H and O–H groups in total. The van der Waals surface area contributed by atoms with Gasteiger partial charge in [-0.15, -0.1) is 0 Å². The third kappa shape index (κ3) is 1.68. The molecule has 0 fully saturated rings. The van der Waals surface area contributed by atoms with Crippen LogP contribution in [0.1, 0.15) is 5.56 Å². The highest BCUT2D eigenvalue weighted by atomic mass is 16.6. The molecule has 1 rings (SSSR count). The minimum absolute atomic E-state index is 0.0976. The highest BCUT2D eigenvalue weighted by Gasteiger charge is 2.13. The smallest absolute Gasteiger partial charge is 0.410 e. The fourth-order valence-electron chi connectivity index (χ4n) is 1.01. The van der Waals surface area contributed by atoms with Gasteiger partial charge < -0.3 is 15.6 Å². The van der Waals surface area contributed by atoms with E-state index >= 15 is 0 Å². The Balaban J connectivity index is 3.36. The zero-order valence-electron chi connectivity index (χ0n) is 7.77. The van der Waals surface area contributed by atoms with Crippen molar-refractivity contribution >= 4 is 6.09 Å². The van der Waals surface area contributed by atoms with Crippen molar-refractivity contribution in [3.8, 4) is 11.6 Å². The number of aryl methyl sites for hydroxylation is 1. The predicted octanol–water partition coefficient (Wildman–Crippen LogP) is -0.143. The van der Waals surface area contributed by atoms with Gasteiger partial charge in [0, 0.05) is 18.7 Å².